The lowest BCUT2D eigenvalue weighted by Gasteiger charge is -2.11. The van der Waals surface area contributed by atoms with E-state index in [0.29, 0.717) is 38.8 Å². The molecule has 0 spiro atoms. The van der Waals surface area contributed by atoms with E-state index < -0.39 is 0 Å². The zero-order valence-electron chi connectivity index (χ0n) is 13.1. The molecule has 0 fully saturated rings. The van der Waals surface area contributed by atoms with Gasteiger partial charge in [0.2, 0.25) is 11.7 Å². The summed E-state index contributed by atoms with van der Waals surface area (Å²) in [7, 11) is 0. The molecule has 25 heavy (non-hydrogen) atoms. The van der Waals surface area contributed by atoms with Crippen molar-refractivity contribution in [2.24, 2.45) is 0 Å². The van der Waals surface area contributed by atoms with E-state index in [1.54, 1.807) is 49.4 Å². The Morgan fingerprint density at radius 2 is 1.92 bits per heavy atom. The molecule has 1 heterocycles. The number of hydrogen-bond acceptors (Lipinski definition) is 5. The van der Waals surface area contributed by atoms with Gasteiger partial charge in [-0.05, 0) is 30.3 Å². The van der Waals surface area contributed by atoms with Gasteiger partial charge in [0.15, 0.2) is 6.61 Å². The van der Waals surface area contributed by atoms with Crippen molar-refractivity contribution < 1.29 is 14.1 Å². The van der Waals surface area contributed by atoms with E-state index >= 15 is 0 Å². The molecule has 2 aromatic carbocycles. The van der Waals surface area contributed by atoms with E-state index in [9.17, 15) is 4.79 Å². The Kier molecular flexibility index (Phi) is 5.21. The number of carbonyl (C=O) groups is 1. The van der Waals surface area contributed by atoms with Crippen LogP contribution in [0.3, 0.4) is 0 Å². The minimum absolute atomic E-state index is 0.0879. The Morgan fingerprint density at radius 3 is 2.60 bits per heavy atom. The fourth-order valence-electron chi connectivity index (χ4n) is 2.15. The lowest BCUT2D eigenvalue weighted by atomic mass is 10.2. The number of halogens is 2. The molecule has 0 aliphatic heterocycles. The van der Waals surface area contributed by atoms with Crippen LogP contribution in [0.2, 0.25) is 10.0 Å². The Labute approximate surface area is 153 Å². The molecule has 0 bridgehead atoms. The molecule has 8 heteroatoms. The van der Waals surface area contributed by atoms with Gasteiger partial charge in [-0.2, -0.15) is 4.98 Å². The molecule has 1 aromatic heterocycles. The standard InChI is InChI=1S/C17H13Cl2N3O3/c1-10-20-16(22-25-10)9-24-15-5-3-2-4-14(15)17(23)21-13-7-11(18)6-12(19)8-13/h2-8H,9H2,1H3,(H,21,23). The predicted molar refractivity (Wildman–Crippen MR) is 94.2 cm³/mol. The highest BCUT2D eigenvalue weighted by Crippen LogP contribution is 2.25. The van der Waals surface area contributed by atoms with E-state index in [2.05, 4.69) is 15.5 Å². The summed E-state index contributed by atoms with van der Waals surface area (Å²) < 4.78 is 10.5. The second-order valence-corrected chi connectivity index (χ2v) is 6.00. The third-order valence-electron chi connectivity index (χ3n) is 3.18. The fraction of sp³-hybridized carbons (Fsp3) is 0.118. The number of hydrogen-bond donors (Lipinski definition) is 1. The molecule has 0 aliphatic rings. The van der Waals surface area contributed by atoms with Crippen molar-refractivity contribution in [3.05, 3.63) is 69.8 Å². The van der Waals surface area contributed by atoms with Crippen LogP contribution in [0.5, 0.6) is 5.75 Å². The van der Waals surface area contributed by atoms with Crippen molar-refractivity contribution in [1.82, 2.24) is 10.1 Å². The summed E-state index contributed by atoms with van der Waals surface area (Å²) in [5, 5.41) is 7.36. The van der Waals surface area contributed by atoms with Crippen LogP contribution in [-0.2, 0) is 6.61 Å². The first kappa shape index (κ1) is 17.3. The highest BCUT2D eigenvalue weighted by molar-refractivity contribution is 6.35. The molecule has 3 rings (SSSR count). The van der Waals surface area contributed by atoms with Gasteiger partial charge in [-0.25, -0.2) is 0 Å². The summed E-state index contributed by atoms with van der Waals surface area (Å²) in [6.45, 7) is 1.78. The number of ether oxygens (including phenoxy) is 1. The molecular weight excluding hydrogens is 365 g/mol. The van der Waals surface area contributed by atoms with Gasteiger partial charge in [-0.15, -0.1) is 0 Å². The summed E-state index contributed by atoms with van der Waals surface area (Å²) >= 11 is 11.9. The van der Waals surface area contributed by atoms with Crippen molar-refractivity contribution in [3.63, 3.8) is 0 Å². The van der Waals surface area contributed by atoms with Crippen LogP contribution < -0.4 is 10.1 Å². The third kappa shape index (κ3) is 4.49. The number of aryl methyl sites for hydroxylation is 1. The van der Waals surface area contributed by atoms with Gasteiger partial charge in [0.05, 0.1) is 5.56 Å². The van der Waals surface area contributed by atoms with Gasteiger partial charge >= 0.3 is 0 Å². The van der Waals surface area contributed by atoms with Crippen LogP contribution in [0.15, 0.2) is 47.0 Å². The number of para-hydroxylation sites is 1. The lowest BCUT2D eigenvalue weighted by molar-refractivity contribution is 0.102. The number of rotatable bonds is 5. The largest absolute Gasteiger partial charge is 0.485 e. The molecule has 128 valence electrons. The topological polar surface area (TPSA) is 77.2 Å². The highest BCUT2D eigenvalue weighted by atomic mass is 35.5. The van der Waals surface area contributed by atoms with Crippen LogP contribution in [0.4, 0.5) is 5.69 Å². The Balaban J connectivity index is 1.76. The van der Waals surface area contributed by atoms with Gasteiger partial charge in [0, 0.05) is 22.7 Å². The van der Waals surface area contributed by atoms with Gasteiger partial charge in [-0.3, -0.25) is 4.79 Å². The average molecular weight is 378 g/mol. The highest BCUT2D eigenvalue weighted by Gasteiger charge is 2.14. The molecule has 0 unspecified atom stereocenters. The summed E-state index contributed by atoms with van der Waals surface area (Å²) in [5.41, 5.74) is 0.852. The van der Waals surface area contributed by atoms with Crippen LogP contribution >= 0.6 is 23.2 Å². The first-order chi connectivity index (χ1) is 12.0. The third-order valence-corrected chi connectivity index (χ3v) is 3.61. The number of carbonyl (C=O) groups excluding carboxylic acids is 1. The first-order valence-corrected chi connectivity index (χ1v) is 8.05. The monoisotopic (exact) mass is 377 g/mol. The minimum Gasteiger partial charge on any atom is -0.485 e. The van der Waals surface area contributed by atoms with Crippen molar-refractivity contribution >= 4 is 34.8 Å². The Hall–Kier alpha value is -2.57. The molecule has 1 amide bonds. The van der Waals surface area contributed by atoms with E-state index in [-0.39, 0.29) is 12.5 Å². The maximum absolute atomic E-state index is 12.5. The number of amides is 1. The van der Waals surface area contributed by atoms with Crippen LogP contribution in [0, 0.1) is 6.92 Å². The maximum Gasteiger partial charge on any atom is 0.259 e. The summed E-state index contributed by atoms with van der Waals surface area (Å²) in [6.07, 6.45) is 0. The van der Waals surface area contributed by atoms with Crippen molar-refractivity contribution in [1.29, 1.82) is 0 Å². The summed E-state index contributed by atoms with van der Waals surface area (Å²) in [5.74, 6) is 0.894. The summed E-state index contributed by atoms with van der Waals surface area (Å²) in [4.78, 5) is 16.6. The van der Waals surface area contributed by atoms with Crippen molar-refractivity contribution in [2.45, 2.75) is 13.5 Å². The second-order valence-electron chi connectivity index (χ2n) is 5.13. The van der Waals surface area contributed by atoms with E-state index in [0.717, 1.165) is 0 Å². The lowest BCUT2D eigenvalue weighted by Crippen LogP contribution is -2.13. The van der Waals surface area contributed by atoms with Gasteiger partial charge < -0.3 is 14.6 Å². The van der Waals surface area contributed by atoms with Gasteiger partial charge in [-0.1, -0.05) is 40.5 Å². The normalized spacial score (nSPS) is 10.5. The van der Waals surface area contributed by atoms with Crippen LogP contribution in [0.1, 0.15) is 22.1 Å². The Morgan fingerprint density at radius 1 is 1.20 bits per heavy atom. The van der Waals surface area contributed by atoms with Crippen LogP contribution in [0.25, 0.3) is 0 Å². The molecule has 0 saturated carbocycles. The zero-order valence-corrected chi connectivity index (χ0v) is 14.6. The molecule has 3 aromatic rings. The minimum atomic E-state index is -0.349. The SMILES string of the molecule is Cc1nc(COc2ccccc2C(=O)Nc2cc(Cl)cc(Cl)c2)no1. The average Bonchev–Trinajstić information content (AvgIpc) is 2.97. The summed E-state index contributed by atoms with van der Waals surface area (Å²) in [6, 6.07) is 11.6. The van der Waals surface area contributed by atoms with Crippen LogP contribution in [-0.4, -0.2) is 16.0 Å². The van der Waals surface area contributed by atoms with Crippen molar-refractivity contribution in [2.75, 3.05) is 5.32 Å². The van der Waals surface area contributed by atoms with Gasteiger partial charge in [0.1, 0.15) is 5.75 Å². The predicted octanol–water partition coefficient (Wildman–Crippen LogP) is 4.52. The quantitative estimate of drug-likeness (QED) is 0.707. The van der Waals surface area contributed by atoms with E-state index in [4.69, 9.17) is 32.5 Å². The number of anilines is 1. The molecule has 0 atom stereocenters. The fourth-order valence-corrected chi connectivity index (χ4v) is 2.67. The number of nitrogens with one attached hydrogen (secondary N) is 1. The van der Waals surface area contributed by atoms with E-state index in [1.165, 1.54) is 0 Å². The number of aromatic nitrogens is 2. The zero-order chi connectivity index (χ0) is 17.8. The molecule has 0 saturated heterocycles. The number of benzene rings is 2. The van der Waals surface area contributed by atoms with Crippen molar-refractivity contribution in [3.8, 4) is 5.75 Å². The molecule has 0 aliphatic carbocycles. The Bertz CT molecular complexity index is 891. The van der Waals surface area contributed by atoms with E-state index in [1.807, 2.05) is 0 Å². The smallest absolute Gasteiger partial charge is 0.259 e. The number of nitrogens with zero attached hydrogens (tertiary/aromatic N) is 2. The molecule has 1 N–H and O–H groups in total. The maximum atomic E-state index is 12.5. The van der Waals surface area contributed by atoms with Gasteiger partial charge in [0.25, 0.3) is 5.91 Å². The first-order valence-electron chi connectivity index (χ1n) is 7.30. The molecule has 6 nitrogen and oxygen atoms in total. The second kappa shape index (κ2) is 7.55. The molecular formula is C17H13Cl2N3O3. The molecule has 0 radical (unpaired) electrons.